The molecular formula is C16H18N4O4. The Bertz CT molecular complexity index is 755. The molecule has 0 fully saturated rings. The zero-order valence-corrected chi connectivity index (χ0v) is 13.1. The van der Waals surface area contributed by atoms with Crippen molar-refractivity contribution in [2.45, 2.75) is 13.3 Å². The Hall–Kier alpha value is -3.16. The Balaban J connectivity index is 2.18. The van der Waals surface area contributed by atoms with Gasteiger partial charge in [-0.3, -0.25) is 14.4 Å². The molecule has 0 saturated carbocycles. The van der Waals surface area contributed by atoms with Crippen LogP contribution in [-0.2, 0) is 4.79 Å². The van der Waals surface area contributed by atoms with Crippen LogP contribution in [0, 0.1) is 5.92 Å². The molecule has 4 N–H and O–H groups in total. The van der Waals surface area contributed by atoms with Gasteiger partial charge in [0, 0.05) is 19.0 Å². The van der Waals surface area contributed by atoms with Crippen molar-refractivity contribution in [2.75, 3.05) is 6.54 Å². The van der Waals surface area contributed by atoms with Gasteiger partial charge in [-0.15, -0.1) is 0 Å². The van der Waals surface area contributed by atoms with Gasteiger partial charge in [0.05, 0.1) is 5.69 Å². The van der Waals surface area contributed by atoms with Crippen LogP contribution in [0.1, 0.15) is 34.3 Å². The summed E-state index contributed by atoms with van der Waals surface area (Å²) in [5.41, 5.74) is 6.07. The first-order chi connectivity index (χ1) is 11.4. The summed E-state index contributed by atoms with van der Waals surface area (Å²) in [6, 6.07) is 10.1. The molecule has 1 aromatic carbocycles. The van der Waals surface area contributed by atoms with E-state index in [2.05, 4.69) is 10.4 Å². The number of benzene rings is 1. The number of carbonyl (C=O) groups excluding carboxylic acids is 2. The molecule has 8 heteroatoms. The number of nitrogens with zero attached hydrogens (tertiary/aromatic N) is 2. The lowest BCUT2D eigenvalue weighted by Crippen LogP contribution is -2.29. The first-order valence-electron chi connectivity index (χ1n) is 7.33. The number of amides is 2. The Morgan fingerprint density at radius 2 is 1.96 bits per heavy atom. The van der Waals surface area contributed by atoms with Crippen molar-refractivity contribution in [1.82, 2.24) is 15.1 Å². The first-order valence-corrected chi connectivity index (χ1v) is 7.33. The van der Waals surface area contributed by atoms with Gasteiger partial charge in [0.2, 0.25) is 0 Å². The highest BCUT2D eigenvalue weighted by Gasteiger charge is 2.19. The molecule has 0 bridgehead atoms. The molecule has 1 atom stereocenters. The number of aliphatic carboxylic acids is 1. The van der Waals surface area contributed by atoms with Crippen molar-refractivity contribution >= 4 is 17.8 Å². The van der Waals surface area contributed by atoms with Crippen LogP contribution in [-0.4, -0.2) is 39.2 Å². The fourth-order valence-electron chi connectivity index (χ4n) is 2.16. The third-order valence-corrected chi connectivity index (χ3v) is 3.33. The molecule has 24 heavy (non-hydrogen) atoms. The van der Waals surface area contributed by atoms with Crippen LogP contribution < -0.4 is 11.1 Å². The summed E-state index contributed by atoms with van der Waals surface area (Å²) >= 11 is 0. The summed E-state index contributed by atoms with van der Waals surface area (Å²) < 4.78 is 1.30. The third-order valence-electron chi connectivity index (χ3n) is 3.33. The number of nitrogens with one attached hydrogen (secondary N) is 1. The molecule has 126 valence electrons. The van der Waals surface area contributed by atoms with E-state index in [1.165, 1.54) is 10.7 Å². The smallest absolute Gasteiger partial charge is 0.303 e. The van der Waals surface area contributed by atoms with E-state index in [0.717, 1.165) is 0 Å². The minimum Gasteiger partial charge on any atom is -0.481 e. The molecule has 8 nitrogen and oxygen atoms in total. The van der Waals surface area contributed by atoms with Gasteiger partial charge in [-0.25, -0.2) is 4.68 Å². The van der Waals surface area contributed by atoms with E-state index in [4.69, 9.17) is 10.8 Å². The molecule has 2 aromatic rings. The number of hydrogen-bond acceptors (Lipinski definition) is 4. The van der Waals surface area contributed by atoms with Crippen molar-refractivity contribution in [3.05, 3.63) is 47.8 Å². The Kier molecular flexibility index (Phi) is 5.31. The van der Waals surface area contributed by atoms with Crippen LogP contribution in [0.15, 0.2) is 36.4 Å². The number of primary amides is 1. The second-order valence-corrected chi connectivity index (χ2v) is 5.44. The SMILES string of the molecule is CC(CNC(=O)c1cc(C(N)=O)n(-c2ccccc2)n1)CC(=O)O. The van der Waals surface area contributed by atoms with Crippen molar-refractivity contribution in [1.29, 1.82) is 0 Å². The molecule has 0 radical (unpaired) electrons. The van der Waals surface area contributed by atoms with Gasteiger partial charge in [-0.2, -0.15) is 5.10 Å². The van der Waals surface area contributed by atoms with Gasteiger partial charge >= 0.3 is 5.97 Å². The van der Waals surface area contributed by atoms with Crippen LogP contribution in [0.3, 0.4) is 0 Å². The van der Waals surface area contributed by atoms with Crippen LogP contribution in [0.25, 0.3) is 5.69 Å². The average molecular weight is 330 g/mol. The fraction of sp³-hybridized carbons (Fsp3) is 0.250. The van der Waals surface area contributed by atoms with E-state index in [-0.39, 0.29) is 30.3 Å². The summed E-state index contributed by atoms with van der Waals surface area (Å²) in [5, 5.41) is 15.4. The van der Waals surface area contributed by atoms with E-state index < -0.39 is 17.8 Å². The van der Waals surface area contributed by atoms with E-state index in [0.29, 0.717) is 5.69 Å². The molecule has 1 heterocycles. The second-order valence-electron chi connectivity index (χ2n) is 5.44. The van der Waals surface area contributed by atoms with Gasteiger partial charge in [-0.1, -0.05) is 25.1 Å². The highest BCUT2D eigenvalue weighted by molar-refractivity contribution is 5.97. The minimum atomic E-state index is -0.930. The fourth-order valence-corrected chi connectivity index (χ4v) is 2.16. The van der Waals surface area contributed by atoms with Gasteiger partial charge in [0.15, 0.2) is 5.69 Å². The van der Waals surface area contributed by atoms with E-state index in [1.807, 2.05) is 6.07 Å². The molecule has 2 amide bonds. The maximum absolute atomic E-state index is 12.2. The van der Waals surface area contributed by atoms with Gasteiger partial charge in [-0.05, 0) is 18.1 Å². The van der Waals surface area contributed by atoms with E-state index in [1.54, 1.807) is 31.2 Å². The average Bonchev–Trinajstić information content (AvgIpc) is 2.98. The van der Waals surface area contributed by atoms with Gasteiger partial charge in [0.25, 0.3) is 11.8 Å². The summed E-state index contributed by atoms with van der Waals surface area (Å²) in [7, 11) is 0. The Morgan fingerprint density at radius 1 is 1.29 bits per heavy atom. The van der Waals surface area contributed by atoms with Gasteiger partial charge < -0.3 is 16.2 Å². The second kappa shape index (κ2) is 7.40. The maximum atomic E-state index is 12.2. The van der Waals surface area contributed by atoms with Crippen molar-refractivity contribution < 1.29 is 19.5 Å². The quantitative estimate of drug-likeness (QED) is 0.692. The van der Waals surface area contributed by atoms with Crippen LogP contribution in [0.4, 0.5) is 0 Å². The molecular weight excluding hydrogens is 312 g/mol. The largest absolute Gasteiger partial charge is 0.481 e. The molecule has 0 aliphatic carbocycles. The predicted octanol–water partition coefficient (Wildman–Crippen LogP) is 0.812. The molecule has 0 aliphatic rings. The minimum absolute atomic E-state index is 0.0372. The zero-order chi connectivity index (χ0) is 17.7. The number of para-hydroxylation sites is 1. The summed E-state index contributed by atoms with van der Waals surface area (Å²) in [6.45, 7) is 1.90. The topological polar surface area (TPSA) is 127 Å². The number of hydrogen-bond donors (Lipinski definition) is 3. The normalized spacial score (nSPS) is 11.7. The molecule has 0 aliphatic heterocycles. The van der Waals surface area contributed by atoms with Crippen LogP contribution >= 0.6 is 0 Å². The predicted molar refractivity (Wildman–Crippen MR) is 85.8 cm³/mol. The van der Waals surface area contributed by atoms with Crippen molar-refractivity contribution in [3.8, 4) is 5.69 Å². The summed E-state index contributed by atoms with van der Waals surface area (Å²) in [6.07, 6.45) is -0.0503. The lowest BCUT2D eigenvalue weighted by atomic mass is 10.1. The van der Waals surface area contributed by atoms with Crippen LogP contribution in [0.2, 0.25) is 0 Å². The highest BCUT2D eigenvalue weighted by atomic mass is 16.4. The Labute approximate surface area is 138 Å². The lowest BCUT2D eigenvalue weighted by Gasteiger charge is -2.09. The zero-order valence-electron chi connectivity index (χ0n) is 13.1. The van der Waals surface area contributed by atoms with E-state index >= 15 is 0 Å². The Morgan fingerprint density at radius 3 is 2.54 bits per heavy atom. The number of carboxylic acid groups (broad SMARTS) is 1. The molecule has 1 unspecified atom stereocenters. The molecule has 1 aromatic heterocycles. The summed E-state index contributed by atoms with van der Waals surface area (Å²) in [5.74, 6) is -2.35. The standard InChI is InChI=1S/C16H18N4O4/c1-10(7-14(21)22)9-18-16(24)12-8-13(15(17)23)20(19-12)11-5-3-2-4-6-11/h2-6,8,10H,7,9H2,1H3,(H2,17,23)(H,18,24)(H,21,22). The number of carbonyl (C=O) groups is 3. The molecule has 2 rings (SSSR count). The number of nitrogens with two attached hydrogens (primary N) is 1. The van der Waals surface area contributed by atoms with Gasteiger partial charge in [0.1, 0.15) is 5.69 Å². The number of rotatable bonds is 7. The summed E-state index contributed by atoms with van der Waals surface area (Å²) in [4.78, 5) is 34.4. The number of carboxylic acids is 1. The lowest BCUT2D eigenvalue weighted by molar-refractivity contribution is -0.137. The number of aromatic nitrogens is 2. The van der Waals surface area contributed by atoms with Crippen molar-refractivity contribution in [2.24, 2.45) is 11.7 Å². The first kappa shape index (κ1) is 17.2. The van der Waals surface area contributed by atoms with E-state index in [9.17, 15) is 14.4 Å². The van der Waals surface area contributed by atoms with Crippen molar-refractivity contribution in [3.63, 3.8) is 0 Å². The molecule has 0 spiro atoms. The monoisotopic (exact) mass is 330 g/mol. The molecule has 0 saturated heterocycles. The third kappa shape index (κ3) is 4.19. The maximum Gasteiger partial charge on any atom is 0.303 e. The highest BCUT2D eigenvalue weighted by Crippen LogP contribution is 2.12. The van der Waals surface area contributed by atoms with Crippen LogP contribution in [0.5, 0.6) is 0 Å².